The van der Waals surface area contributed by atoms with E-state index in [9.17, 15) is 32.3 Å². The number of hydrogen-bond donors (Lipinski definition) is 4. The Morgan fingerprint density at radius 3 is 1.75 bits per heavy atom. The van der Waals surface area contributed by atoms with Crippen molar-refractivity contribution in [3.63, 3.8) is 0 Å². The molecule has 0 spiro atoms. The van der Waals surface area contributed by atoms with E-state index in [2.05, 4.69) is 14.7 Å². The van der Waals surface area contributed by atoms with E-state index in [-0.39, 0.29) is 32.0 Å². The highest BCUT2D eigenvalue weighted by Crippen LogP contribution is 2.49. The van der Waals surface area contributed by atoms with E-state index in [1.807, 2.05) is 24.3 Å². The van der Waals surface area contributed by atoms with Crippen LogP contribution in [0.15, 0.2) is 52.3 Å². The van der Waals surface area contributed by atoms with Crippen LogP contribution in [0.25, 0.3) is 0 Å². The van der Waals surface area contributed by atoms with Gasteiger partial charge in [-0.2, -0.15) is 13.2 Å². The number of carbonyl (C=O) groups is 4. The maximum absolute atomic E-state index is 13.4. The first kappa shape index (κ1) is 41.5. The maximum Gasteiger partial charge on any atom is 0.416 e. The first-order valence-corrected chi connectivity index (χ1v) is 17.4. The Labute approximate surface area is 297 Å². The van der Waals surface area contributed by atoms with Gasteiger partial charge in [0.2, 0.25) is 0 Å². The monoisotopic (exact) mass is 743 g/mol. The summed E-state index contributed by atoms with van der Waals surface area (Å²) in [6.45, 7) is 8.24. The summed E-state index contributed by atoms with van der Waals surface area (Å²) in [5, 5.41) is 31.6. The van der Waals surface area contributed by atoms with Gasteiger partial charge in [-0.05, 0) is 49.7 Å². The molecule has 2 aromatic rings. The first-order chi connectivity index (χ1) is 24.2. The molecule has 17 heteroatoms. The summed E-state index contributed by atoms with van der Waals surface area (Å²) < 4.78 is 51.6. The van der Waals surface area contributed by atoms with Crippen molar-refractivity contribution in [3.8, 4) is 0 Å². The number of piperazine rings is 1. The lowest BCUT2D eigenvalue weighted by atomic mass is 10.1. The third kappa shape index (κ3) is 15.1. The standard InChI is InChI=1S/C26H32F3N3O2S.2C4H6O4/c27-26(28,29)20-7-8-24-22(19-20)32(21-5-1-2-6-23(21)35-24)11-3-10-30-13-15-31(16-14-30)12-9-25-33-17-4-18-34-25;2*5-3(6)1-2-4(7)8/h1-2,5-8,19,25H,3-4,9-18H2;2*1-2H2,(H,5,6)(H,7,8). The fraction of sp³-hybridized carbons (Fsp3) is 0.529. The van der Waals surface area contributed by atoms with Gasteiger partial charge in [-0.1, -0.05) is 23.9 Å². The van der Waals surface area contributed by atoms with Crippen LogP contribution in [0.4, 0.5) is 24.5 Å². The number of alkyl halides is 3. The molecule has 3 aliphatic heterocycles. The van der Waals surface area contributed by atoms with Gasteiger partial charge in [0.15, 0.2) is 6.29 Å². The summed E-state index contributed by atoms with van der Waals surface area (Å²) in [6, 6.07) is 12.1. The Hall–Kier alpha value is -3.90. The van der Waals surface area contributed by atoms with Crippen LogP contribution < -0.4 is 4.90 Å². The lowest BCUT2D eigenvalue weighted by Crippen LogP contribution is -2.47. The van der Waals surface area contributed by atoms with Crippen molar-refractivity contribution in [3.05, 3.63) is 48.0 Å². The lowest BCUT2D eigenvalue weighted by molar-refractivity contribution is -0.183. The highest BCUT2D eigenvalue weighted by molar-refractivity contribution is 7.99. The predicted octanol–water partition coefficient (Wildman–Crippen LogP) is 5.34. The number of nitrogens with zero attached hydrogens (tertiary/aromatic N) is 3. The van der Waals surface area contributed by atoms with Gasteiger partial charge in [0, 0.05) is 55.5 Å². The third-order valence-corrected chi connectivity index (χ3v) is 9.09. The normalized spacial score (nSPS) is 16.4. The molecule has 282 valence electrons. The van der Waals surface area contributed by atoms with Gasteiger partial charge in [-0.3, -0.25) is 19.2 Å². The minimum absolute atomic E-state index is 0.0619. The zero-order valence-electron chi connectivity index (χ0n) is 28.1. The molecule has 0 radical (unpaired) electrons. The lowest BCUT2D eigenvalue weighted by Gasteiger charge is -2.37. The van der Waals surface area contributed by atoms with Crippen LogP contribution in [0.3, 0.4) is 0 Å². The van der Waals surface area contributed by atoms with Gasteiger partial charge in [0.1, 0.15) is 0 Å². The van der Waals surface area contributed by atoms with Crippen molar-refractivity contribution in [2.45, 2.75) is 67.2 Å². The number of halogens is 3. The number of aliphatic carboxylic acids is 4. The molecule has 0 bridgehead atoms. The van der Waals surface area contributed by atoms with E-state index in [0.29, 0.717) is 12.2 Å². The molecule has 0 aliphatic carbocycles. The van der Waals surface area contributed by atoms with Crippen molar-refractivity contribution >= 4 is 47.0 Å². The quantitative estimate of drug-likeness (QED) is 0.207. The van der Waals surface area contributed by atoms with E-state index in [0.717, 1.165) is 87.2 Å². The van der Waals surface area contributed by atoms with E-state index in [1.165, 1.54) is 23.9 Å². The van der Waals surface area contributed by atoms with Crippen molar-refractivity contribution in [1.82, 2.24) is 9.80 Å². The summed E-state index contributed by atoms with van der Waals surface area (Å²) in [6.07, 6.45) is -2.82. The molecule has 0 atom stereocenters. The molecule has 0 saturated carbocycles. The SMILES string of the molecule is FC(F)(F)c1ccc2c(c1)N(CCCN1CCN(CCC3OCCCO3)CC1)c1ccccc1S2.O=C(O)CCC(=O)O.O=C(O)CCC(=O)O. The molecule has 2 saturated heterocycles. The molecule has 4 N–H and O–H groups in total. The average molecular weight is 744 g/mol. The smallest absolute Gasteiger partial charge is 0.416 e. The molecule has 13 nitrogen and oxygen atoms in total. The van der Waals surface area contributed by atoms with Crippen molar-refractivity contribution in [2.75, 3.05) is 63.9 Å². The molecule has 51 heavy (non-hydrogen) atoms. The number of anilines is 2. The van der Waals surface area contributed by atoms with Crippen LogP contribution in [0.2, 0.25) is 0 Å². The summed E-state index contributed by atoms with van der Waals surface area (Å²) in [4.78, 5) is 47.5. The second-order valence-corrected chi connectivity index (χ2v) is 12.9. The number of rotatable bonds is 13. The molecule has 0 amide bonds. The second kappa shape index (κ2) is 20.8. The topological polar surface area (TPSA) is 177 Å². The van der Waals surface area contributed by atoms with E-state index >= 15 is 0 Å². The zero-order chi connectivity index (χ0) is 37.4. The number of fused-ring (bicyclic) bond motifs is 2. The number of benzene rings is 2. The molecule has 2 aromatic carbocycles. The number of para-hydroxylation sites is 1. The molecule has 5 rings (SSSR count). The molecule has 0 unspecified atom stereocenters. The number of ether oxygens (including phenoxy) is 2. The largest absolute Gasteiger partial charge is 0.481 e. The molecule has 3 aliphatic rings. The van der Waals surface area contributed by atoms with Crippen LogP contribution >= 0.6 is 11.8 Å². The van der Waals surface area contributed by atoms with E-state index < -0.39 is 35.6 Å². The summed E-state index contributed by atoms with van der Waals surface area (Å²) in [5.41, 5.74) is 1.04. The van der Waals surface area contributed by atoms with Crippen molar-refractivity contribution in [1.29, 1.82) is 0 Å². The average Bonchev–Trinajstić information content (AvgIpc) is 3.09. The fourth-order valence-electron chi connectivity index (χ4n) is 5.35. The minimum atomic E-state index is -4.35. The Bertz CT molecular complexity index is 1390. The Morgan fingerprint density at radius 1 is 0.706 bits per heavy atom. The predicted molar refractivity (Wildman–Crippen MR) is 180 cm³/mol. The minimum Gasteiger partial charge on any atom is -0.481 e. The highest BCUT2D eigenvalue weighted by Gasteiger charge is 2.33. The summed E-state index contributed by atoms with van der Waals surface area (Å²) in [5.74, 6) is -4.31. The second-order valence-electron chi connectivity index (χ2n) is 11.8. The first-order valence-electron chi connectivity index (χ1n) is 16.5. The van der Waals surface area contributed by atoms with Crippen LogP contribution in [-0.2, 0) is 34.8 Å². The van der Waals surface area contributed by atoms with Gasteiger partial charge in [0.05, 0.1) is 55.8 Å². The van der Waals surface area contributed by atoms with Crippen LogP contribution in [0, 0.1) is 0 Å². The summed E-state index contributed by atoms with van der Waals surface area (Å²) >= 11 is 1.54. The third-order valence-electron chi connectivity index (χ3n) is 7.96. The molecule has 3 heterocycles. The van der Waals surface area contributed by atoms with Gasteiger partial charge >= 0.3 is 30.1 Å². The van der Waals surface area contributed by atoms with Crippen LogP contribution in [-0.4, -0.2) is 119 Å². The Morgan fingerprint density at radius 2 is 1.22 bits per heavy atom. The molecular weight excluding hydrogens is 699 g/mol. The summed E-state index contributed by atoms with van der Waals surface area (Å²) in [7, 11) is 0. The fourth-order valence-corrected chi connectivity index (χ4v) is 6.43. The van der Waals surface area contributed by atoms with Gasteiger partial charge in [0.25, 0.3) is 0 Å². The Kier molecular flexibility index (Phi) is 17.0. The number of carboxylic acids is 4. The zero-order valence-corrected chi connectivity index (χ0v) is 28.9. The van der Waals surface area contributed by atoms with Gasteiger partial charge in [-0.25, -0.2) is 0 Å². The van der Waals surface area contributed by atoms with E-state index in [1.54, 1.807) is 6.07 Å². The molecular formula is C34H44F3N3O10S. The van der Waals surface area contributed by atoms with Crippen molar-refractivity contribution in [2.24, 2.45) is 0 Å². The van der Waals surface area contributed by atoms with Crippen LogP contribution in [0.5, 0.6) is 0 Å². The van der Waals surface area contributed by atoms with E-state index in [4.69, 9.17) is 29.9 Å². The maximum atomic E-state index is 13.4. The van der Waals surface area contributed by atoms with Crippen molar-refractivity contribution < 1.29 is 62.2 Å². The van der Waals surface area contributed by atoms with Gasteiger partial charge in [-0.15, -0.1) is 0 Å². The number of carboxylic acid groups (broad SMARTS) is 4. The molecule has 2 fully saturated rings. The van der Waals surface area contributed by atoms with Gasteiger partial charge < -0.3 is 44.6 Å². The number of hydrogen-bond acceptors (Lipinski definition) is 10. The highest BCUT2D eigenvalue weighted by atomic mass is 32.2. The molecule has 0 aromatic heterocycles. The van der Waals surface area contributed by atoms with Crippen LogP contribution in [0.1, 0.15) is 50.5 Å². The Balaban J connectivity index is 0.000000366.